The predicted octanol–water partition coefficient (Wildman–Crippen LogP) is 6.36. The number of ether oxygens (including phenoxy) is 3. The summed E-state index contributed by atoms with van der Waals surface area (Å²) < 4.78 is 16.6. The lowest BCUT2D eigenvalue weighted by Gasteiger charge is -2.31. The van der Waals surface area contributed by atoms with Gasteiger partial charge in [0.15, 0.2) is 6.10 Å². The van der Waals surface area contributed by atoms with E-state index in [1.54, 1.807) is 13.1 Å². The molecule has 0 amide bonds. The molecule has 2 fully saturated rings. The van der Waals surface area contributed by atoms with Crippen LogP contribution in [0.15, 0.2) is 30.5 Å². The topological polar surface area (TPSA) is 118 Å². The Balaban J connectivity index is 1.26. The van der Waals surface area contributed by atoms with E-state index in [-0.39, 0.29) is 12.0 Å². The Bertz CT molecular complexity index is 1280. The molecule has 2 aromatic heterocycles. The second-order valence-electron chi connectivity index (χ2n) is 13.4. The molecule has 2 N–H and O–H groups in total. The van der Waals surface area contributed by atoms with Gasteiger partial charge in [0.25, 0.3) is 0 Å². The zero-order chi connectivity index (χ0) is 31.7. The molecule has 2 aliphatic rings. The van der Waals surface area contributed by atoms with Gasteiger partial charge >= 0.3 is 5.97 Å². The SMILES string of the molecule is C[C@H](OC[C@H](C)NC1CCC(Cc2cc(-c3cccc(NCC4(C#N)CCOCC4)n3)c(Cl)cn2)CC1)C(=O)OC(C)(C)C. The molecular weight excluding hydrogens is 578 g/mol. The van der Waals surface area contributed by atoms with E-state index in [1.165, 1.54) is 0 Å². The number of hydrogen-bond acceptors (Lipinski definition) is 9. The quantitative estimate of drug-likeness (QED) is 0.260. The van der Waals surface area contributed by atoms with Crippen LogP contribution >= 0.6 is 11.6 Å². The monoisotopic (exact) mass is 625 g/mol. The van der Waals surface area contributed by atoms with E-state index in [4.69, 9.17) is 30.8 Å². The zero-order valence-electron chi connectivity index (χ0n) is 26.8. The highest BCUT2D eigenvalue weighted by atomic mass is 35.5. The van der Waals surface area contributed by atoms with E-state index in [0.29, 0.717) is 43.3 Å². The summed E-state index contributed by atoms with van der Waals surface area (Å²) in [5, 5.41) is 17.4. The van der Waals surface area contributed by atoms with Gasteiger partial charge in [0.05, 0.1) is 28.8 Å². The fraction of sp³-hybridized carbons (Fsp3) is 0.647. The Labute approximate surface area is 267 Å². The van der Waals surface area contributed by atoms with Crippen LogP contribution in [0.2, 0.25) is 5.02 Å². The molecule has 1 saturated carbocycles. The van der Waals surface area contributed by atoms with Crippen LogP contribution in [0, 0.1) is 22.7 Å². The van der Waals surface area contributed by atoms with Crippen molar-refractivity contribution >= 4 is 23.4 Å². The molecule has 2 aromatic rings. The average molecular weight is 626 g/mol. The number of nitrogens with zero attached hydrogens (tertiary/aromatic N) is 3. The molecular formula is C34H48ClN5O4. The third kappa shape index (κ3) is 10.1. The number of nitriles is 1. The first-order valence-corrected chi connectivity index (χ1v) is 16.3. The minimum Gasteiger partial charge on any atom is -0.458 e. The molecule has 240 valence electrons. The Morgan fingerprint density at radius 2 is 1.93 bits per heavy atom. The molecule has 0 unspecified atom stereocenters. The van der Waals surface area contributed by atoms with Crippen molar-refractivity contribution in [1.82, 2.24) is 15.3 Å². The first-order valence-electron chi connectivity index (χ1n) is 15.9. The number of halogens is 1. The average Bonchev–Trinajstić information content (AvgIpc) is 3.00. The molecule has 1 saturated heterocycles. The van der Waals surface area contributed by atoms with E-state index < -0.39 is 17.1 Å². The van der Waals surface area contributed by atoms with Crippen molar-refractivity contribution in [2.45, 2.75) is 103 Å². The third-order valence-corrected chi connectivity index (χ3v) is 8.73. The van der Waals surface area contributed by atoms with Gasteiger partial charge in [-0.1, -0.05) is 17.7 Å². The molecule has 1 aliphatic heterocycles. The van der Waals surface area contributed by atoms with Gasteiger partial charge in [-0.05, 0) is 104 Å². The number of pyridine rings is 2. The van der Waals surface area contributed by atoms with Crippen LogP contribution in [0.4, 0.5) is 5.82 Å². The predicted molar refractivity (Wildman–Crippen MR) is 172 cm³/mol. The zero-order valence-corrected chi connectivity index (χ0v) is 27.6. The molecule has 9 nitrogen and oxygen atoms in total. The molecule has 4 rings (SSSR count). The summed E-state index contributed by atoms with van der Waals surface area (Å²) in [6, 6.07) is 11.0. The largest absolute Gasteiger partial charge is 0.458 e. The molecule has 0 aromatic carbocycles. The second-order valence-corrected chi connectivity index (χ2v) is 13.8. The normalized spacial score (nSPS) is 21.6. The number of aromatic nitrogens is 2. The van der Waals surface area contributed by atoms with Crippen molar-refractivity contribution < 1.29 is 19.0 Å². The third-order valence-electron chi connectivity index (χ3n) is 8.43. The van der Waals surface area contributed by atoms with Gasteiger partial charge in [-0.2, -0.15) is 5.26 Å². The number of anilines is 1. The summed E-state index contributed by atoms with van der Waals surface area (Å²) in [6.45, 7) is 11.6. The molecule has 3 heterocycles. The summed E-state index contributed by atoms with van der Waals surface area (Å²) in [7, 11) is 0. The second kappa shape index (κ2) is 15.5. The molecule has 0 spiro atoms. The maximum absolute atomic E-state index is 12.2. The van der Waals surface area contributed by atoms with E-state index in [0.717, 1.165) is 67.7 Å². The number of carbonyl (C=O) groups is 1. The van der Waals surface area contributed by atoms with Gasteiger partial charge in [-0.3, -0.25) is 4.98 Å². The van der Waals surface area contributed by atoms with Crippen molar-refractivity contribution in [3.05, 3.63) is 41.2 Å². The van der Waals surface area contributed by atoms with E-state index in [1.807, 2.05) is 39.0 Å². The molecule has 0 radical (unpaired) electrons. The van der Waals surface area contributed by atoms with Gasteiger partial charge in [-0.25, -0.2) is 9.78 Å². The van der Waals surface area contributed by atoms with E-state index in [9.17, 15) is 10.1 Å². The summed E-state index contributed by atoms with van der Waals surface area (Å²) in [5.41, 5.74) is 1.72. The minimum absolute atomic E-state index is 0.141. The smallest absolute Gasteiger partial charge is 0.335 e. The number of nitrogens with one attached hydrogen (secondary N) is 2. The lowest BCUT2D eigenvalue weighted by Crippen LogP contribution is -2.42. The number of esters is 1. The molecule has 44 heavy (non-hydrogen) atoms. The van der Waals surface area contributed by atoms with Crippen LogP contribution in [0.3, 0.4) is 0 Å². The van der Waals surface area contributed by atoms with Crippen molar-refractivity contribution in [3.8, 4) is 17.3 Å². The summed E-state index contributed by atoms with van der Waals surface area (Å²) in [4.78, 5) is 21.7. The van der Waals surface area contributed by atoms with Crippen molar-refractivity contribution in [3.63, 3.8) is 0 Å². The lowest BCUT2D eigenvalue weighted by molar-refractivity contribution is -0.167. The number of carbonyl (C=O) groups excluding carboxylic acids is 1. The van der Waals surface area contributed by atoms with Crippen molar-refractivity contribution in [1.29, 1.82) is 5.26 Å². The van der Waals surface area contributed by atoms with Gasteiger partial charge in [0.1, 0.15) is 11.4 Å². The number of rotatable bonds is 12. The van der Waals surface area contributed by atoms with Gasteiger partial charge in [-0.15, -0.1) is 0 Å². The highest BCUT2D eigenvalue weighted by molar-refractivity contribution is 6.33. The Morgan fingerprint density at radius 3 is 2.61 bits per heavy atom. The van der Waals surface area contributed by atoms with E-state index >= 15 is 0 Å². The molecule has 0 bridgehead atoms. The molecule has 2 atom stereocenters. The maximum atomic E-state index is 12.2. The Kier molecular flexibility index (Phi) is 12.0. The summed E-state index contributed by atoms with van der Waals surface area (Å²) >= 11 is 6.60. The summed E-state index contributed by atoms with van der Waals surface area (Å²) in [5.74, 6) is 0.946. The van der Waals surface area contributed by atoms with E-state index in [2.05, 4.69) is 34.7 Å². The van der Waals surface area contributed by atoms with Crippen LogP contribution in [-0.2, 0) is 25.4 Å². The molecule has 10 heteroatoms. The van der Waals surface area contributed by atoms with Crippen LogP contribution < -0.4 is 10.6 Å². The van der Waals surface area contributed by atoms with Crippen LogP contribution in [0.25, 0.3) is 11.3 Å². The Hall–Kier alpha value is -2.77. The van der Waals surface area contributed by atoms with Crippen LogP contribution in [-0.4, -0.2) is 66.1 Å². The van der Waals surface area contributed by atoms with Crippen molar-refractivity contribution in [2.75, 3.05) is 31.7 Å². The summed E-state index contributed by atoms with van der Waals surface area (Å²) in [6.07, 6.45) is 7.87. The van der Waals surface area contributed by atoms with Crippen molar-refractivity contribution in [2.24, 2.45) is 11.3 Å². The van der Waals surface area contributed by atoms with Crippen LogP contribution in [0.1, 0.15) is 78.8 Å². The molecule has 1 aliphatic carbocycles. The van der Waals surface area contributed by atoms with Gasteiger partial charge < -0.3 is 24.8 Å². The minimum atomic E-state index is -0.590. The fourth-order valence-electron chi connectivity index (χ4n) is 5.84. The standard InChI is InChI=1S/C34H48ClN5O4/c1-23(20-43-24(2)32(41)44-33(3,4)5)39-26-11-9-25(10-12-26)17-27-18-28(29(35)19-37-27)30-7-6-8-31(40-30)38-22-34(21-36)13-15-42-16-14-34/h6-8,18-19,23-26,39H,9-17,20,22H2,1-5H3,(H,38,40)/t23-,24-,25?,26?/m0/s1. The lowest BCUT2D eigenvalue weighted by atomic mass is 9.82. The first-order chi connectivity index (χ1) is 20.9. The van der Waals surface area contributed by atoms with Crippen LogP contribution in [0.5, 0.6) is 0 Å². The van der Waals surface area contributed by atoms with Gasteiger partial charge in [0.2, 0.25) is 0 Å². The fourth-order valence-corrected chi connectivity index (χ4v) is 6.04. The maximum Gasteiger partial charge on any atom is 0.335 e. The highest BCUT2D eigenvalue weighted by Crippen LogP contribution is 2.33. The van der Waals surface area contributed by atoms with Gasteiger partial charge in [0, 0.05) is 49.3 Å². The highest BCUT2D eigenvalue weighted by Gasteiger charge is 2.32. The number of hydrogen-bond donors (Lipinski definition) is 2. The Morgan fingerprint density at radius 1 is 1.20 bits per heavy atom. The first kappa shape index (κ1) is 34.1.